The molecule has 4 aromatic rings. The summed E-state index contributed by atoms with van der Waals surface area (Å²) in [6.07, 6.45) is 1.99. The molecule has 2 aromatic carbocycles. The number of ether oxygens (including phenoxy) is 1. The summed E-state index contributed by atoms with van der Waals surface area (Å²) >= 11 is 1.20. The average molecular weight is 492 g/mol. The fourth-order valence-electron chi connectivity index (χ4n) is 4.46. The van der Waals surface area contributed by atoms with Crippen molar-refractivity contribution in [2.45, 2.75) is 31.9 Å². The van der Waals surface area contributed by atoms with Crippen LogP contribution in [0.3, 0.4) is 0 Å². The summed E-state index contributed by atoms with van der Waals surface area (Å²) in [7, 11) is 0. The molecular formula is C26H22FN3O4S. The number of para-hydroxylation sites is 1. The quantitative estimate of drug-likeness (QED) is 0.375. The summed E-state index contributed by atoms with van der Waals surface area (Å²) in [4.78, 5) is 40.4. The van der Waals surface area contributed by atoms with Crippen molar-refractivity contribution < 1.29 is 18.7 Å². The van der Waals surface area contributed by atoms with Crippen LogP contribution in [0.5, 0.6) is 5.75 Å². The molecule has 0 bridgehead atoms. The van der Waals surface area contributed by atoms with Gasteiger partial charge in [-0.15, -0.1) is 11.3 Å². The minimum Gasteiger partial charge on any atom is -0.489 e. The molecule has 7 nitrogen and oxygen atoms in total. The standard InChI is InChI=1S/C26H22FN3O4S/c27-18-8-4-11-21-22(18)17(13-34-14-6-2-1-3-7-14)23(35-21)26(33)30-20-10-5-9-19-15(20)12-16(24(28)31)25(32)29-19/h1-4,6-8,11-12,20H,5,9-10,13H2,(H2,28,31)(H,29,32)(H,30,33). The number of hydrogen-bond acceptors (Lipinski definition) is 5. The number of nitrogens with one attached hydrogen (secondary N) is 2. The number of fused-ring (bicyclic) bond motifs is 2. The zero-order valence-corrected chi connectivity index (χ0v) is 19.4. The van der Waals surface area contributed by atoms with Gasteiger partial charge in [-0.3, -0.25) is 14.4 Å². The van der Waals surface area contributed by atoms with E-state index in [1.54, 1.807) is 24.3 Å². The molecule has 1 aliphatic rings. The first-order chi connectivity index (χ1) is 16.9. The number of rotatable bonds is 6. The summed E-state index contributed by atoms with van der Waals surface area (Å²) in [5.74, 6) is -1.01. The van der Waals surface area contributed by atoms with Gasteiger partial charge in [-0.1, -0.05) is 24.3 Å². The lowest BCUT2D eigenvalue weighted by atomic mass is 9.90. The second kappa shape index (κ2) is 9.34. The summed E-state index contributed by atoms with van der Waals surface area (Å²) < 4.78 is 21.3. The van der Waals surface area contributed by atoms with Crippen LogP contribution in [0.1, 0.15) is 55.7 Å². The molecular weight excluding hydrogens is 469 g/mol. The van der Waals surface area contributed by atoms with Crippen LogP contribution in [0.25, 0.3) is 10.1 Å². The minimum absolute atomic E-state index is 0.0219. The molecule has 0 aliphatic heterocycles. The predicted octanol–water partition coefficient (Wildman–Crippen LogP) is 4.21. The first kappa shape index (κ1) is 22.8. The Kier molecular flexibility index (Phi) is 6.08. The smallest absolute Gasteiger partial charge is 0.262 e. The van der Waals surface area contributed by atoms with Gasteiger partial charge >= 0.3 is 0 Å². The maximum atomic E-state index is 14.8. The van der Waals surface area contributed by atoms with E-state index in [2.05, 4.69) is 10.3 Å². The Morgan fingerprint density at radius 3 is 2.74 bits per heavy atom. The number of thiophene rings is 1. The van der Waals surface area contributed by atoms with E-state index in [0.29, 0.717) is 50.4 Å². The first-order valence-electron chi connectivity index (χ1n) is 11.2. The van der Waals surface area contributed by atoms with Crippen LogP contribution in [0.15, 0.2) is 59.4 Å². The lowest BCUT2D eigenvalue weighted by molar-refractivity contribution is 0.0934. The number of carbonyl (C=O) groups is 2. The molecule has 5 rings (SSSR count). The molecule has 2 aromatic heterocycles. The van der Waals surface area contributed by atoms with Crippen LogP contribution in [0.4, 0.5) is 4.39 Å². The molecule has 1 aliphatic carbocycles. The number of aryl methyl sites for hydroxylation is 1. The Balaban J connectivity index is 1.49. The molecule has 35 heavy (non-hydrogen) atoms. The SMILES string of the molecule is NC(=O)c1cc2c([nH]c1=O)CCCC2NC(=O)c1sc2cccc(F)c2c1COc1ccccc1. The lowest BCUT2D eigenvalue weighted by Crippen LogP contribution is -2.34. The number of aromatic amines is 1. The molecule has 0 spiro atoms. The molecule has 178 valence electrons. The van der Waals surface area contributed by atoms with Crippen LogP contribution >= 0.6 is 11.3 Å². The molecule has 1 unspecified atom stereocenters. The second-order valence-corrected chi connectivity index (χ2v) is 9.41. The van der Waals surface area contributed by atoms with Gasteiger partial charge in [0.1, 0.15) is 23.7 Å². The number of pyridine rings is 1. The Hall–Kier alpha value is -3.98. The van der Waals surface area contributed by atoms with E-state index in [9.17, 15) is 18.8 Å². The van der Waals surface area contributed by atoms with Crippen LogP contribution in [-0.4, -0.2) is 16.8 Å². The fourth-order valence-corrected chi connectivity index (χ4v) is 5.58. The molecule has 0 saturated heterocycles. The molecule has 4 N–H and O–H groups in total. The molecule has 2 heterocycles. The van der Waals surface area contributed by atoms with E-state index in [0.717, 1.165) is 6.42 Å². The Labute approximate surface area is 203 Å². The molecule has 0 radical (unpaired) electrons. The minimum atomic E-state index is -0.829. The van der Waals surface area contributed by atoms with Gasteiger partial charge in [0.25, 0.3) is 17.4 Å². The third-order valence-corrected chi connectivity index (χ3v) is 7.32. The van der Waals surface area contributed by atoms with Crippen molar-refractivity contribution in [2.24, 2.45) is 5.73 Å². The Bertz CT molecular complexity index is 1500. The number of amides is 2. The average Bonchev–Trinajstić information content (AvgIpc) is 3.23. The lowest BCUT2D eigenvalue weighted by Gasteiger charge is -2.26. The van der Waals surface area contributed by atoms with Gasteiger partial charge < -0.3 is 20.8 Å². The summed E-state index contributed by atoms with van der Waals surface area (Å²) in [5.41, 5.74) is 6.47. The van der Waals surface area contributed by atoms with Gasteiger partial charge in [-0.25, -0.2) is 4.39 Å². The third-order valence-electron chi connectivity index (χ3n) is 6.12. The van der Waals surface area contributed by atoms with Crippen LogP contribution in [0, 0.1) is 5.82 Å². The van der Waals surface area contributed by atoms with Gasteiger partial charge in [-0.05, 0) is 55.2 Å². The number of H-pyrrole nitrogens is 1. The predicted molar refractivity (Wildman–Crippen MR) is 131 cm³/mol. The van der Waals surface area contributed by atoms with E-state index >= 15 is 0 Å². The Morgan fingerprint density at radius 2 is 1.97 bits per heavy atom. The Morgan fingerprint density at radius 1 is 1.17 bits per heavy atom. The number of nitrogens with two attached hydrogens (primary N) is 1. The van der Waals surface area contributed by atoms with Crippen LogP contribution < -0.4 is 21.3 Å². The second-order valence-electron chi connectivity index (χ2n) is 8.35. The highest BCUT2D eigenvalue weighted by molar-refractivity contribution is 7.21. The van der Waals surface area contributed by atoms with Crippen molar-refractivity contribution in [2.75, 3.05) is 0 Å². The number of halogens is 1. The van der Waals surface area contributed by atoms with Crippen molar-refractivity contribution in [3.63, 3.8) is 0 Å². The first-order valence-corrected chi connectivity index (χ1v) is 12.0. The maximum absolute atomic E-state index is 14.8. The van der Waals surface area contributed by atoms with E-state index in [1.165, 1.54) is 23.5 Å². The zero-order valence-electron chi connectivity index (χ0n) is 18.6. The van der Waals surface area contributed by atoms with Crippen LogP contribution in [0.2, 0.25) is 0 Å². The maximum Gasteiger partial charge on any atom is 0.262 e. The zero-order chi connectivity index (χ0) is 24.5. The normalized spacial score (nSPS) is 14.9. The monoisotopic (exact) mass is 491 g/mol. The van der Waals surface area contributed by atoms with E-state index < -0.39 is 23.3 Å². The summed E-state index contributed by atoms with van der Waals surface area (Å²) in [6.45, 7) is 0.0219. The van der Waals surface area contributed by atoms with Crippen LogP contribution in [-0.2, 0) is 13.0 Å². The van der Waals surface area contributed by atoms with Crippen molar-refractivity contribution >= 4 is 33.2 Å². The molecule has 1 atom stereocenters. The molecule has 9 heteroatoms. The topological polar surface area (TPSA) is 114 Å². The molecule has 2 amide bonds. The molecule has 0 fully saturated rings. The van der Waals surface area contributed by atoms with E-state index in [-0.39, 0.29) is 18.1 Å². The highest BCUT2D eigenvalue weighted by atomic mass is 32.1. The van der Waals surface area contributed by atoms with Crippen molar-refractivity contribution in [3.05, 3.63) is 98.0 Å². The highest BCUT2D eigenvalue weighted by Crippen LogP contribution is 2.35. The summed E-state index contributed by atoms with van der Waals surface area (Å²) in [6, 6.07) is 14.9. The van der Waals surface area contributed by atoms with Gasteiger partial charge in [0.2, 0.25) is 0 Å². The number of hydrogen-bond donors (Lipinski definition) is 3. The van der Waals surface area contributed by atoms with E-state index in [1.807, 2.05) is 18.2 Å². The number of aromatic nitrogens is 1. The van der Waals surface area contributed by atoms with Crippen molar-refractivity contribution in [1.29, 1.82) is 0 Å². The van der Waals surface area contributed by atoms with Gasteiger partial charge in [0, 0.05) is 21.3 Å². The fraction of sp³-hybridized carbons (Fsp3) is 0.192. The van der Waals surface area contributed by atoms with Gasteiger partial charge in [0.05, 0.1) is 10.9 Å². The van der Waals surface area contributed by atoms with Gasteiger partial charge in [-0.2, -0.15) is 0 Å². The van der Waals surface area contributed by atoms with Gasteiger partial charge in [0.15, 0.2) is 0 Å². The highest BCUT2D eigenvalue weighted by Gasteiger charge is 2.28. The van der Waals surface area contributed by atoms with Crippen molar-refractivity contribution in [3.8, 4) is 5.75 Å². The summed E-state index contributed by atoms with van der Waals surface area (Å²) in [5, 5.41) is 3.38. The van der Waals surface area contributed by atoms with E-state index in [4.69, 9.17) is 10.5 Å². The number of carbonyl (C=O) groups excluding carboxylic acids is 2. The third kappa shape index (κ3) is 4.42. The van der Waals surface area contributed by atoms with Crippen molar-refractivity contribution in [1.82, 2.24) is 10.3 Å². The number of benzene rings is 2. The largest absolute Gasteiger partial charge is 0.489 e. The molecule has 0 saturated carbocycles. The number of primary amides is 1.